The molecule has 0 spiro atoms. The minimum Gasteiger partial charge on any atom is -0.337 e. The number of benzene rings is 1. The van der Waals surface area contributed by atoms with E-state index in [1.165, 1.54) is 6.92 Å². The molecule has 0 unspecified atom stereocenters. The van der Waals surface area contributed by atoms with Gasteiger partial charge >= 0.3 is 0 Å². The summed E-state index contributed by atoms with van der Waals surface area (Å²) in [5.41, 5.74) is 0.186. The minimum absolute atomic E-state index is 0.0300. The summed E-state index contributed by atoms with van der Waals surface area (Å²) in [7, 11) is 0. The summed E-state index contributed by atoms with van der Waals surface area (Å²) in [4.78, 5) is 38.6. The number of likely N-dealkylation sites (N-methyl/N-ethyl adjacent to an activating group) is 1. The molecule has 0 bridgehead atoms. The van der Waals surface area contributed by atoms with Crippen LogP contribution in [0.1, 0.15) is 39.7 Å². The lowest BCUT2D eigenvalue weighted by atomic mass is 9.85. The smallest absolute Gasteiger partial charge is 0.257 e. The van der Waals surface area contributed by atoms with Crippen LogP contribution < -0.4 is 10.2 Å². The zero-order valence-corrected chi connectivity index (χ0v) is 13.5. The zero-order chi connectivity index (χ0) is 16.5. The summed E-state index contributed by atoms with van der Waals surface area (Å²) in [6.07, 6.45) is -0.0300. The van der Waals surface area contributed by atoms with Gasteiger partial charge in [-0.15, -0.1) is 0 Å². The molecular formula is C17H22N2O3. The van der Waals surface area contributed by atoms with Crippen molar-refractivity contribution in [1.29, 1.82) is 0 Å². The van der Waals surface area contributed by atoms with E-state index in [9.17, 15) is 14.4 Å². The van der Waals surface area contributed by atoms with E-state index in [4.69, 9.17) is 0 Å². The van der Waals surface area contributed by atoms with Gasteiger partial charge in [-0.05, 0) is 19.9 Å². The van der Waals surface area contributed by atoms with Crippen molar-refractivity contribution in [3.63, 3.8) is 0 Å². The lowest BCUT2D eigenvalue weighted by molar-refractivity contribution is -0.135. The maximum Gasteiger partial charge on any atom is 0.257 e. The summed E-state index contributed by atoms with van der Waals surface area (Å²) in [5.74, 6) is -0.868. The molecule has 0 fully saturated rings. The maximum absolute atomic E-state index is 13.0. The summed E-state index contributed by atoms with van der Waals surface area (Å²) < 4.78 is 0. The number of rotatable bonds is 5. The van der Waals surface area contributed by atoms with Crippen molar-refractivity contribution in [1.82, 2.24) is 5.32 Å². The number of ketones is 1. The minimum atomic E-state index is -1.28. The van der Waals surface area contributed by atoms with E-state index in [1.54, 1.807) is 18.7 Å². The fraction of sp³-hybridized carbons (Fsp3) is 0.471. The molecule has 0 aliphatic carbocycles. The molecule has 1 heterocycles. The SMILES string of the molecule is CCN1C(=O)[C@](CC(C)=O)(NC(=O)C(C)C)c2ccccc21. The number of anilines is 1. The molecule has 118 valence electrons. The summed E-state index contributed by atoms with van der Waals surface area (Å²) in [5, 5.41) is 2.84. The molecule has 0 radical (unpaired) electrons. The monoisotopic (exact) mass is 302 g/mol. The molecule has 0 saturated carbocycles. The Kier molecular flexibility index (Phi) is 4.35. The van der Waals surface area contributed by atoms with Crippen molar-refractivity contribution >= 4 is 23.3 Å². The fourth-order valence-electron chi connectivity index (χ4n) is 2.90. The Hall–Kier alpha value is -2.17. The molecule has 0 saturated heterocycles. The number of carbonyl (C=O) groups excluding carboxylic acids is 3. The molecule has 1 aliphatic rings. The van der Waals surface area contributed by atoms with E-state index < -0.39 is 5.54 Å². The molecule has 22 heavy (non-hydrogen) atoms. The molecular weight excluding hydrogens is 280 g/mol. The number of hydrogen-bond donors (Lipinski definition) is 1. The molecule has 1 aromatic carbocycles. The van der Waals surface area contributed by atoms with E-state index >= 15 is 0 Å². The zero-order valence-electron chi connectivity index (χ0n) is 13.5. The molecule has 0 aromatic heterocycles. The normalized spacial score (nSPS) is 20.2. The third-order valence-electron chi connectivity index (χ3n) is 3.96. The van der Waals surface area contributed by atoms with E-state index in [0.29, 0.717) is 12.1 Å². The van der Waals surface area contributed by atoms with Crippen LogP contribution in [0.3, 0.4) is 0 Å². The number of para-hydroxylation sites is 1. The van der Waals surface area contributed by atoms with Crippen molar-refractivity contribution in [2.45, 2.75) is 39.7 Å². The highest BCUT2D eigenvalue weighted by Gasteiger charge is 2.52. The van der Waals surface area contributed by atoms with Gasteiger partial charge in [-0.1, -0.05) is 32.0 Å². The van der Waals surface area contributed by atoms with Crippen LogP contribution in [-0.4, -0.2) is 24.1 Å². The van der Waals surface area contributed by atoms with Crippen molar-refractivity contribution in [2.24, 2.45) is 5.92 Å². The largest absolute Gasteiger partial charge is 0.337 e. The molecule has 5 heteroatoms. The second kappa shape index (κ2) is 5.91. The predicted molar refractivity (Wildman–Crippen MR) is 84.4 cm³/mol. The lowest BCUT2D eigenvalue weighted by Gasteiger charge is -2.30. The molecule has 5 nitrogen and oxygen atoms in total. The van der Waals surface area contributed by atoms with Crippen LogP contribution in [0.2, 0.25) is 0 Å². The van der Waals surface area contributed by atoms with Crippen LogP contribution in [-0.2, 0) is 19.9 Å². The topological polar surface area (TPSA) is 66.5 Å². The first-order chi connectivity index (χ1) is 10.3. The number of carbonyl (C=O) groups is 3. The van der Waals surface area contributed by atoms with Gasteiger partial charge in [0.1, 0.15) is 5.78 Å². The standard InChI is InChI=1S/C17H22N2O3/c1-5-19-14-9-7-6-8-13(14)17(16(19)22,10-12(4)20)18-15(21)11(2)3/h6-9,11H,5,10H2,1-4H3,(H,18,21)/t17-/m1/s1. The third-order valence-corrected chi connectivity index (χ3v) is 3.96. The number of fused-ring (bicyclic) bond motifs is 1. The molecule has 1 aliphatic heterocycles. The van der Waals surface area contributed by atoms with Crippen molar-refractivity contribution in [3.8, 4) is 0 Å². The van der Waals surface area contributed by atoms with Gasteiger partial charge in [-0.2, -0.15) is 0 Å². The summed E-state index contributed by atoms with van der Waals surface area (Å²) >= 11 is 0. The highest BCUT2D eigenvalue weighted by molar-refractivity contribution is 6.11. The van der Waals surface area contributed by atoms with Gasteiger partial charge in [-0.25, -0.2) is 0 Å². The number of hydrogen-bond acceptors (Lipinski definition) is 3. The van der Waals surface area contributed by atoms with E-state index in [1.807, 2.05) is 31.2 Å². The van der Waals surface area contributed by atoms with Crippen LogP contribution in [0.4, 0.5) is 5.69 Å². The number of nitrogens with one attached hydrogen (secondary N) is 1. The third kappa shape index (κ3) is 2.51. The van der Waals surface area contributed by atoms with Crippen LogP contribution >= 0.6 is 0 Å². The predicted octanol–water partition coefficient (Wildman–Crippen LogP) is 2.00. The van der Waals surface area contributed by atoms with Crippen molar-refractivity contribution < 1.29 is 14.4 Å². The second-order valence-corrected chi connectivity index (χ2v) is 5.99. The Balaban J connectivity index is 2.59. The average Bonchev–Trinajstić information content (AvgIpc) is 2.68. The molecule has 1 atom stereocenters. The lowest BCUT2D eigenvalue weighted by Crippen LogP contribution is -2.54. The first-order valence-electron chi connectivity index (χ1n) is 7.56. The van der Waals surface area contributed by atoms with Gasteiger partial charge in [0, 0.05) is 30.1 Å². The molecule has 2 rings (SSSR count). The van der Waals surface area contributed by atoms with E-state index in [0.717, 1.165) is 5.69 Å². The van der Waals surface area contributed by atoms with Gasteiger partial charge in [0.25, 0.3) is 5.91 Å². The Labute approximate surface area is 130 Å². The van der Waals surface area contributed by atoms with Gasteiger partial charge in [0.05, 0.1) is 0 Å². The van der Waals surface area contributed by atoms with E-state index in [2.05, 4.69) is 5.32 Å². The Bertz CT molecular complexity index is 624. The van der Waals surface area contributed by atoms with Gasteiger partial charge in [0.15, 0.2) is 5.54 Å². The number of nitrogens with zero attached hydrogens (tertiary/aromatic N) is 1. The van der Waals surface area contributed by atoms with Crippen LogP contribution in [0.25, 0.3) is 0 Å². The van der Waals surface area contributed by atoms with E-state index in [-0.39, 0.29) is 29.9 Å². The summed E-state index contributed by atoms with van der Waals surface area (Å²) in [6.45, 7) is 7.34. The molecule has 1 aromatic rings. The van der Waals surface area contributed by atoms with Crippen molar-refractivity contribution in [2.75, 3.05) is 11.4 Å². The average molecular weight is 302 g/mol. The Morgan fingerprint density at radius 3 is 2.45 bits per heavy atom. The fourth-order valence-corrected chi connectivity index (χ4v) is 2.90. The quantitative estimate of drug-likeness (QED) is 0.904. The highest BCUT2D eigenvalue weighted by atomic mass is 16.2. The van der Waals surface area contributed by atoms with Gasteiger partial charge in [-0.3, -0.25) is 14.4 Å². The maximum atomic E-state index is 13.0. The Morgan fingerprint density at radius 1 is 1.27 bits per heavy atom. The van der Waals surface area contributed by atoms with Gasteiger partial charge < -0.3 is 10.2 Å². The number of Topliss-reactive ketones (excluding diaryl/α,β-unsaturated/α-hetero) is 1. The first-order valence-corrected chi connectivity index (χ1v) is 7.56. The second-order valence-electron chi connectivity index (χ2n) is 5.99. The van der Waals surface area contributed by atoms with Crippen LogP contribution in [0, 0.1) is 5.92 Å². The van der Waals surface area contributed by atoms with Crippen molar-refractivity contribution in [3.05, 3.63) is 29.8 Å². The van der Waals surface area contributed by atoms with Crippen LogP contribution in [0.15, 0.2) is 24.3 Å². The van der Waals surface area contributed by atoms with Crippen LogP contribution in [0.5, 0.6) is 0 Å². The highest BCUT2D eigenvalue weighted by Crippen LogP contribution is 2.42. The summed E-state index contributed by atoms with van der Waals surface area (Å²) in [6, 6.07) is 7.33. The van der Waals surface area contributed by atoms with Gasteiger partial charge in [0.2, 0.25) is 5.91 Å². The number of amides is 2. The molecule has 1 N–H and O–H groups in total. The first kappa shape index (κ1) is 16.2. The Morgan fingerprint density at radius 2 is 1.91 bits per heavy atom. The molecule has 2 amide bonds.